The standard InChI is InChI=1S/C13H16BrN3O9S/c1-8(26-27(3,23)24)15(7-6-14)10-5-4-9(16(19)20)11(13(18)25-2)12(10)17(21)22/h4-5,8H,6-7H2,1-3H3. The van der Waals surface area contributed by atoms with Crippen molar-refractivity contribution in [2.75, 3.05) is 30.1 Å². The number of nitrogens with zero attached hydrogens (tertiary/aromatic N) is 3. The van der Waals surface area contributed by atoms with Crippen LogP contribution in [0.25, 0.3) is 0 Å². The van der Waals surface area contributed by atoms with Gasteiger partial charge in [-0.3, -0.25) is 20.2 Å². The van der Waals surface area contributed by atoms with E-state index in [4.69, 9.17) is 4.18 Å². The molecule has 0 saturated carbocycles. The van der Waals surface area contributed by atoms with Gasteiger partial charge in [-0.15, -0.1) is 0 Å². The van der Waals surface area contributed by atoms with Crippen molar-refractivity contribution in [1.82, 2.24) is 0 Å². The van der Waals surface area contributed by atoms with E-state index in [0.717, 1.165) is 25.5 Å². The van der Waals surface area contributed by atoms with Crippen LogP contribution in [0.3, 0.4) is 0 Å². The molecule has 1 aromatic rings. The number of alkyl halides is 1. The molecule has 12 nitrogen and oxygen atoms in total. The van der Waals surface area contributed by atoms with E-state index in [9.17, 15) is 33.4 Å². The molecule has 14 heteroatoms. The van der Waals surface area contributed by atoms with E-state index in [-0.39, 0.29) is 17.6 Å². The van der Waals surface area contributed by atoms with Crippen molar-refractivity contribution in [2.24, 2.45) is 0 Å². The summed E-state index contributed by atoms with van der Waals surface area (Å²) in [7, 11) is -2.98. The lowest BCUT2D eigenvalue weighted by molar-refractivity contribution is -0.394. The summed E-state index contributed by atoms with van der Waals surface area (Å²) in [6, 6.07) is 1.95. The number of anilines is 1. The highest BCUT2D eigenvalue weighted by Crippen LogP contribution is 2.39. The molecule has 0 aliphatic heterocycles. The zero-order chi connectivity index (χ0) is 20.9. The van der Waals surface area contributed by atoms with Crippen LogP contribution >= 0.6 is 15.9 Å². The Morgan fingerprint density at radius 1 is 1.30 bits per heavy atom. The summed E-state index contributed by atoms with van der Waals surface area (Å²) < 4.78 is 32.1. The van der Waals surface area contributed by atoms with E-state index < -0.39 is 49.1 Å². The van der Waals surface area contributed by atoms with Gasteiger partial charge in [0.1, 0.15) is 11.9 Å². The minimum absolute atomic E-state index is 0.0376. The van der Waals surface area contributed by atoms with E-state index >= 15 is 0 Å². The summed E-state index contributed by atoms with van der Waals surface area (Å²) in [5.41, 5.74) is -2.79. The smallest absolute Gasteiger partial charge is 0.352 e. The number of hydrogen-bond acceptors (Lipinski definition) is 10. The maximum Gasteiger partial charge on any atom is 0.352 e. The first-order valence-electron chi connectivity index (χ1n) is 7.19. The van der Waals surface area contributed by atoms with Gasteiger partial charge in [0, 0.05) is 17.9 Å². The lowest BCUT2D eigenvalue weighted by Crippen LogP contribution is -2.38. The van der Waals surface area contributed by atoms with Crippen LogP contribution in [0, 0.1) is 20.2 Å². The maximum atomic E-state index is 12.0. The molecule has 1 aromatic carbocycles. The molecule has 27 heavy (non-hydrogen) atoms. The summed E-state index contributed by atoms with van der Waals surface area (Å²) in [4.78, 5) is 34.1. The molecule has 0 amide bonds. The molecule has 1 unspecified atom stereocenters. The number of ether oxygens (including phenoxy) is 1. The Morgan fingerprint density at radius 3 is 2.30 bits per heavy atom. The van der Waals surface area contributed by atoms with Crippen LogP contribution < -0.4 is 4.90 Å². The molecule has 0 heterocycles. The topological polar surface area (TPSA) is 159 Å². The Labute approximate surface area is 162 Å². The van der Waals surface area contributed by atoms with Crippen molar-refractivity contribution in [3.63, 3.8) is 0 Å². The normalized spacial score (nSPS) is 12.3. The number of carbonyl (C=O) groups is 1. The number of benzene rings is 1. The van der Waals surface area contributed by atoms with Gasteiger partial charge < -0.3 is 9.64 Å². The van der Waals surface area contributed by atoms with Crippen LogP contribution in [0.5, 0.6) is 0 Å². The number of esters is 1. The van der Waals surface area contributed by atoms with Gasteiger partial charge >= 0.3 is 11.7 Å². The maximum absolute atomic E-state index is 12.0. The molecular formula is C13H16BrN3O9S. The van der Waals surface area contributed by atoms with Crippen molar-refractivity contribution < 1.29 is 32.0 Å². The highest BCUT2D eigenvalue weighted by atomic mass is 79.9. The summed E-state index contributed by atoms with van der Waals surface area (Å²) in [6.07, 6.45) is -0.386. The molecule has 1 atom stereocenters. The first-order chi connectivity index (χ1) is 12.4. The molecule has 0 N–H and O–H groups in total. The number of carbonyl (C=O) groups excluding carboxylic acids is 1. The van der Waals surface area contributed by atoms with Crippen LogP contribution in [0.1, 0.15) is 17.3 Å². The van der Waals surface area contributed by atoms with Crippen LogP contribution in [-0.2, 0) is 19.0 Å². The molecule has 0 bridgehead atoms. The summed E-state index contributed by atoms with van der Waals surface area (Å²) in [6.45, 7) is 1.36. The number of hydrogen-bond donors (Lipinski definition) is 0. The SMILES string of the molecule is COC(=O)c1c([N+](=O)[O-])ccc(N(CCBr)C(C)OS(C)(=O)=O)c1[N+](=O)[O-]. The van der Waals surface area contributed by atoms with E-state index in [1.807, 2.05) is 0 Å². The Bertz CT molecular complexity index is 859. The van der Waals surface area contributed by atoms with Gasteiger partial charge in [0.25, 0.3) is 15.8 Å². The second-order valence-electron chi connectivity index (χ2n) is 5.12. The number of rotatable bonds is 9. The Morgan fingerprint density at radius 2 is 1.89 bits per heavy atom. The highest BCUT2D eigenvalue weighted by molar-refractivity contribution is 9.09. The third-order valence-electron chi connectivity index (χ3n) is 3.29. The molecule has 0 spiro atoms. The molecule has 0 fully saturated rings. The lowest BCUT2D eigenvalue weighted by Gasteiger charge is -2.29. The van der Waals surface area contributed by atoms with Crippen molar-refractivity contribution in [3.8, 4) is 0 Å². The van der Waals surface area contributed by atoms with Crippen molar-refractivity contribution in [3.05, 3.63) is 37.9 Å². The van der Waals surface area contributed by atoms with E-state index in [1.165, 1.54) is 11.8 Å². The molecule has 0 aliphatic carbocycles. The van der Waals surface area contributed by atoms with E-state index in [2.05, 4.69) is 20.7 Å². The molecule has 0 radical (unpaired) electrons. The largest absolute Gasteiger partial charge is 0.465 e. The number of halogens is 1. The van der Waals surface area contributed by atoms with Gasteiger partial charge in [0.2, 0.25) is 5.56 Å². The highest BCUT2D eigenvalue weighted by Gasteiger charge is 2.37. The van der Waals surface area contributed by atoms with Gasteiger partial charge in [-0.05, 0) is 13.0 Å². The third-order valence-corrected chi connectivity index (χ3v) is 4.27. The Hall–Kier alpha value is -2.32. The summed E-state index contributed by atoms with van der Waals surface area (Å²) in [5, 5.41) is 23.1. The van der Waals surface area contributed by atoms with Crippen LogP contribution in [0.2, 0.25) is 0 Å². The van der Waals surface area contributed by atoms with Crippen molar-refractivity contribution in [1.29, 1.82) is 0 Å². The van der Waals surface area contributed by atoms with Crippen LogP contribution in [-0.4, -0.2) is 55.7 Å². The quantitative estimate of drug-likeness (QED) is 0.130. The predicted molar refractivity (Wildman–Crippen MR) is 97.6 cm³/mol. The van der Waals surface area contributed by atoms with Crippen molar-refractivity contribution >= 4 is 49.1 Å². The molecule has 150 valence electrons. The van der Waals surface area contributed by atoms with Gasteiger partial charge in [-0.2, -0.15) is 8.42 Å². The van der Waals surface area contributed by atoms with E-state index in [0.29, 0.717) is 0 Å². The number of nitro groups is 2. The molecule has 1 rings (SSSR count). The van der Waals surface area contributed by atoms with Crippen LogP contribution in [0.15, 0.2) is 12.1 Å². The first kappa shape index (κ1) is 22.7. The summed E-state index contributed by atoms with van der Waals surface area (Å²) in [5.74, 6) is -1.27. The number of nitro benzene ring substituents is 2. The summed E-state index contributed by atoms with van der Waals surface area (Å²) >= 11 is 3.14. The van der Waals surface area contributed by atoms with Gasteiger partial charge in [-0.1, -0.05) is 15.9 Å². The average molecular weight is 470 g/mol. The Balaban J connectivity index is 3.76. The minimum atomic E-state index is -3.91. The fourth-order valence-electron chi connectivity index (χ4n) is 2.34. The van der Waals surface area contributed by atoms with Gasteiger partial charge in [0.15, 0.2) is 0 Å². The Kier molecular flexibility index (Phi) is 7.62. The predicted octanol–water partition coefficient (Wildman–Crippen LogP) is 1.81. The first-order valence-corrected chi connectivity index (χ1v) is 10.1. The molecule has 0 aromatic heterocycles. The second kappa shape index (κ2) is 9.05. The second-order valence-corrected chi connectivity index (χ2v) is 7.51. The van der Waals surface area contributed by atoms with Gasteiger partial charge in [-0.25, -0.2) is 8.98 Å². The molecule has 0 saturated heterocycles. The fraction of sp³-hybridized carbons (Fsp3) is 0.462. The molecular weight excluding hydrogens is 454 g/mol. The zero-order valence-electron chi connectivity index (χ0n) is 14.4. The van der Waals surface area contributed by atoms with Crippen LogP contribution in [0.4, 0.5) is 17.1 Å². The molecule has 0 aliphatic rings. The van der Waals surface area contributed by atoms with E-state index in [1.54, 1.807) is 0 Å². The average Bonchev–Trinajstić information content (AvgIpc) is 2.55. The number of methoxy groups -OCH3 is 1. The van der Waals surface area contributed by atoms with Crippen molar-refractivity contribution in [2.45, 2.75) is 13.2 Å². The van der Waals surface area contributed by atoms with Gasteiger partial charge in [0.05, 0.1) is 23.2 Å². The fourth-order valence-corrected chi connectivity index (χ4v) is 3.33. The zero-order valence-corrected chi connectivity index (χ0v) is 16.9. The lowest BCUT2D eigenvalue weighted by atomic mass is 10.1. The monoisotopic (exact) mass is 469 g/mol. The minimum Gasteiger partial charge on any atom is -0.465 e. The third kappa shape index (κ3) is 5.58.